The fourth-order valence-electron chi connectivity index (χ4n) is 4.70. The molecule has 1 aliphatic carbocycles. The van der Waals surface area contributed by atoms with E-state index in [0.717, 1.165) is 57.3 Å². The molecule has 0 aliphatic heterocycles. The highest BCUT2D eigenvalue weighted by Gasteiger charge is 2.24. The van der Waals surface area contributed by atoms with Crippen LogP contribution in [0.5, 0.6) is 0 Å². The van der Waals surface area contributed by atoms with Crippen molar-refractivity contribution in [1.29, 1.82) is 0 Å². The molecule has 0 saturated heterocycles. The summed E-state index contributed by atoms with van der Waals surface area (Å²) in [6, 6.07) is 9.78. The lowest BCUT2D eigenvalue weighted by atomic mass is 9.77. The average molecular weight is 455 g/mol. The fourth-order valence-corrected chi connectivity index (χ4v) is 4.70. The van der Waals surface area contributed by atoms with Crippen molar-refractivity contribution in [3.05, 3.63) is 82.4 Å². The molecule has 1 nitrogen and oxygen atoms in total. The SMILES string of the molecule is COCCCC1CCC(c2cc(F)c(C#Cc3ccc4cc(F)c(F)cc4c3)c(F)c2)CC1. The van der Waals surface area contributed by atoms with Crippen molar-refractivity contribution in [2.45, 2.75) is 44.4 Å². The summed E-state index contributed by atoms with van der Waals surface area (Å²) in [5.74, 6) is 2.90. The molecular formula is C28H26F4O. The minimum absolute atomic E-state index is 0.158. The van der Waals surface area contributed by atoms with Gasteiger partial charge in [0.25, 0.3) is 0 Å². The van der Waals surface area contributed by atoms with E-state index in [2.05, 4.69) is 11.8 Å². The Morgan fingerprint density at radius 1 is 0.788 bits per heavy atom. The highest BCUT2D eigenvalue weighted by atomic mass is 19.2. The molecule has 0 atom stereocenters. The van der Waals surface area contributed by atoms with Gasteiger partial charge in [0.1, 0.15) is 11.6 Å². The van der Waals surface area contributed by atoms with Gasteiger partial charge in [0.15, 0.2) is 11.6 Å². The molecule has 0 spiro atoms. The Morgan fingerprint density at radius 3 is 2.12 bits per heavy atom. The zero-order chi connectivity index (χ0) is 23.4. The molecule has 0 N–H and O–H groups in total. The molecule has 0 aromatic heterocycles. The van der Waals surface area contributed by atoms with Gasteiger partial charge in [-0.1, -0.05) is 17.9 Å². The van der Waals surface area contributed by atoms with Crippen molar-refractivity contribution in [1.82, 2.24) is 0 Å². The van der Waals surface area contributed by atoms with Crippen molar-refractivity contribution >= 4 is 10.8 Å². The number of rotatable bonds is 5. The van der Waals surface area contributed by atoms with Crippen LogP contribution in [0, 0.1) is 41.0 Å². The summed E-state index contributed by atoms with van der Waals surface area (Å²) < 4.78 is 61.5. The van der Waals surface area contributed by atoms with E-state index < -0.39 is 23.3 Å². The van der Waals surface area contributed by atoms with Gasteiger partial charge in [0, 0.05) is 19.3 Å². The topological polar surface area (TPSA) is 9.23 Å². The summed E-state index contributed by atoms with van der Waals surface area (Å²) in [4.78, 5) is 0. The smallest absolute Gasteiger partial charge is 0.159 e. The van der Waals surface area contributed by atoms with Gasteiger partial charge in [0.05, 0.1) is 5.56 Å². The first-order valence-corrected chi connectivity index (χ1v) is 11.3. The fraction of sp³-hybridized carbons (Fsp3) is 0.357. The van der Waals surface area contributed by atoms with Gasteiger partial charge in [-0.05, 0) is 103 Å². The first kappa shape index (κ1) is 23.3. The lowest BCUT2D eigenvalue weighted by Gasteiger charge is -2.29. The first-order valence-electron chi connectivity index (χ1n) is 11.3. The number of halogens is 4. The van der Waals surface area contributed by atoms with Gasteiger partial charge < -0.3 is 4.74 Å². The first-order chi connectivity index (χ1) is 15.9. The second-order valence-corrected chi connectivity index (χ2v) is 8.79. The number of benzene rings is 3. The van der Waals surface area contributed by atoms with E-state index in [-0.39, 0.29) is 11.5 Å². The average Bonchev–Trinajstić information content (AvgIpc) is 2.80. The van der Waals surface area contributed by atoms with Gasteiger partial charge in [0.2, 0.25) is 0 Å². The molecule has 5 heteroatoms. The Labute approximate surface area is 191 Å². The second-order valence-electron chi connectivity index (χ2n) is 8.79. The Hall–Kier alpha value is -2.84. The molecule has 0 heterocycles. The van der Waals surface area contributed by atoms with Crippen LogP contribution in [0.1, 0.15) is 61.1 Å². The lowest BCUT2D eigenvalue weighted by molar-refractivity contribution is 0.180. The van der Waals surface area contributed by atoms with E-state index in [4.69, 9.17) is 4.74 Å². The van der Waals surface area contributed by atoms with E-state index in [1.54, 1.807) is 25.3 Å². The number of fused-ring (bicyclic) bond motifs is 1. The molecule has 4 rings (SSSR count). The molecule has 172 valence electrons. The van der Waals surface area contributed by atoms with Gasteiger partial charge in [-0.3, -0.25) is 0 Å². The third-order valence-corrected chi connectivity index (χ3v) is 6.55. The van der Waals surface area contributed by atoms with E-state index >= 15 is 0 Å². The molecule has 0 unspecified atom stereocenters. The van der Waals surface area contributed by atoms with Crippen LogP contribution in [-0.2, 0) is 4.74 Å². The molecule has 1 fully saturated rings. The molecule has 3 aromatic rings. The van der Waals surface area contributed by atoms with Crippen LogP contribution < -0.4 is 0 Å². The maximum absolute atomic E-state index is 14.8. The minimum atomic E-state index is -0.954. The van der Waals surface area contributed by atoms with Crippen LogP contribution in [0.4, 0.5) is 17.6 Å². The monoisotopic (exact) mass is 454 g/mol. The summed E-state index contributed by atoms with van der Waals surface area (Å²) in [7, 11) is 1.71. The van der Waals surface area contributed by atoms with Gasteiger partial charge >= 0.3 is 0 Å². The van der Waals surface area contributed by atoms with Gasteiger partial charge in [-0.25, -0.2) is 17.6 Å². The van der Waals surface area contributed by atoms with Crippen molar-refractivity contribution in [3.63, 3.8) is 0 Å². The van der Waals surface area contributed by atoms with Gasteiger partial charge in [-0.2, -0.15) is 0 Å². The molecule has 1 saturated carbocycles. The summed E-state index contributed by atoms with van der Waals surface area (Å²) >= 11 is 0. The number of methoxy groups -OCH3 is 1. The predicted molar refractivity (Wildman–Crippen MR) is 122 cm³/mol. The Bertz CT molecular complexity index is 1180. The van der Waals surface area contributed by atoms with E-state index in [9.17, 15) is 17.6 Å². The highest BCUT2D eigenvalue weighted by molar-refractivity contribution is 5.84. The summed E-state index contributed by atoms with van der Waals surface area (Å²) in [5, 5.41) is 0.990. The van der Waals surface area contributed by atoms with Gasteiger partial charge in [-0.15, -0.1) is 0 Å². The van der Waals surface area contributed by atoms with Crippen molar-refractivity contribution in [2.24, 2.45) is 5.92 Å². The molecular weight excluding hydrogens is 428 g/mol. The Kier molecular flexibility index (Phi) is 7.35. The summed E-state index contributed by atoms with van der Waals surface area (Å²) in [6.45, 7) is 0.771. The van der Waals surface area contributed by atoms with Crippen LogP contribution in [0.2, 0.25) is 0 Å². The summed E-state index contributed by atoms with van der Waals surface area (Å²) in [6.07, 6.45) is 6.16. The molecule has 33 heavy (non-hydrogen) atoms. The maximum atomic E-state index is 14.8. The molecule has 0 amide bonds. The number of ether oxygens (including phenoxy) is 1. The maximum Gasteiger partial charge on any atom is 0.159 e. The van der Waals surface area contributed by atoms with E-state index in [0.29, 0.717) is 27.8 Å². The number of hydrogen-bond acceptors (Lipinski definition) is 1. The minimum Gasteiger partial charge on any atom is -0.385 e. The third-order valence-electron chi connectivity index (χ3n) is 6.55. The van der Waals surface area contributed by atoms with Crippen LogP contribution >= 0.6 is 0 Å². The van der Waals surface area contributed by atoms with Crippen molar-refractivity contribution in [2.75, 3.05) is 13.7 Å². The standard InChI is InChI=1S/C28H26F4O/c1-33-12-2-3-18-4-8-20(9-5-18)23-15-25(29)24(26(30)16-23)11-7-19-6-10-21-14-27(31)28(32)17-22(21)13-19/h6,10,13-18,20H,2-5,8-9,12H2,1H3. The van der Waals surface area contributed by atoms with E-state index in [1.807, 2.05) is 0 Å². The Morgan fingerprint density at radius 2 is 1.45 bits per heavy atom. The van der Waals surface area contributed by atoms with Crippen molar-refractivity contribution < 1.29 is 22.3 Å². The summed E-state index contributed by atoms with van der Waals surface area (Å²) in [5.41, 5.74) is 0.870. The molecule has 3 aromatic carbocycles. The largest absolute Gasteiger partial charge is 0.385 e. The second kappa shape index (κ2) is 10.4. The normalized spacial score (nSPS) is 18.2. The van der Waals surface area contributed by atoms with Crippen molar-refractivity contribution in [3.8, 4) is 11.8 Å². The quantitative estimate of drug-likeness (QED) is 0.220. The third kappa shape index (κ3) is 5.57. The molecule has 1 aliphatic rings. The van der Waals surface area contributed by atoms with Crippen LogP contribution in [-0.4, -0.2) is 13.7 Å². The van der Waals surface area contributed by atoms with Crippen LogP contribution in [0.25, 0.3) is 10.8 Å². The predicted octanol–water partition coefficient (Wildman–Crippen LogP) is 7.50. The zero-order valence-corrected chi connectivity index (χ0v) is 18.6. The van der Waals surface area contributed by atoms with E-state index in [1.165, 1.54) is 12.1 Å². The van der Waals surface area contributed by atoms with Crippen LogP contribution in [0.3, 0.4) is 0 Å². The zero-order valence-electron chi connectivity index (χ0n) is 18.6. The highest BCUT2D eigenvalue weighted by Crippen LogP contribution is 2.38. The lowest BCUT2D eigenvalue weighted by Crippen LogP contribution is -2.14. The molecule has 0 radical (unpaired) electrons. The Balaban J connectivity index is 1.48. The molecule has 0 bridgehead atoms. The van der Waals surface area contributed by atoms with Crippen LogP contribution in [0.15, 0.2) is 42.5 Å². The number of hydrogen-bond donors (Lipinski definition) is 0.